The number of nitrogens with one attached hydrogen (secondary N) is 3. The number of hydrogen-bond acceptors (Lipinski definition) is 7. The number of nitriles is 1. The smallest absolute Gasteiger partial charge is 0.358 e. The van der Waals surface area contributed by atoms with E-state index in [4.69, 9.17) is 5.26 Å². The van der Waals surface area contributed by atoms with E-state index in [2.05, 4.69) is 32.7 Å². The topological polar surface area (TPSA) is 149 Å². The van der Waals surface area contributed by atoms with Gasteiger partial charge in [0.2, 0.25) is 11.5 Å². The zero-order valence-corrected chi connectivity index (χ0v) is 12.8. The Bertz CT molecular complexity index is 603. The lowest BCUT2D eigenvalue weighted by atomic mass is 10.1. The van der Waals surface area contributed by atoms with Crippen LogP contribution in [0.5, 0.6) is 0 Å². The summed E-state index contributed by atoms with van der Waals surface area (Å²) in [5, 5.41) is 25.8. The van der Waals surface area contributed by atoms with Gasteiger partial charge in [0.05, 0.1) is 0 Å². The lowest BCUT2D eigenvalue weighted by Gasteiger charge is -2.03. The van der Waals surface area contributed by atoms with Crippen molar-refractivity contribution < 1.29 is 9.72 Å². The molecule has 3 N–H and O–H groups in total. The highest BCUT2D eigenvalue weighted by Gasteiger charge is 2.16. The number of aromatic nitrogens is 2. The summed E-state index contributed by atoms with van der Waals surface area (Å²) in [4.78, 5) is 27.7. The van der Waals surface area contributed by atoms with E-state index < -0.39 is 22.4 Å². The molecule has 10 heteroatoms. The van der Waals surface area contributed by atoms with E-state index in [0.717, 1.165) is 38.4 Å². The minimum Gasteiger partial charge on any atom is -0.358 e. The largest absolute Gasteiger partial charge is 0.366 e. The highest BCUT2D eigenvalue weighted by molar-refractivity contribution is 6.45. The Morgan fingerprint density at radius 1 is 1.48 bits per heavy atom. The van der Waals surface area contributed by atoms with Gasteiger partial charge in [-0.2, -0.15) is 15.3 Å². The summed E-state index contributed by atoms with van der Waals surface area (Å²) in [6, 6.07) is 1.64. The van der Waals surface area contributed by atoms with E-state index in [1.54, 1.807) is 6.07 Å². The van der Waals surface area contributed by atoms with Crippen molar-refractivity contribution in [2.45, 2.75) is 39.0 Å². The fraction of sp³-hybridized carbons (Fsp3) is 0.538. The highest BCUT2D eigenvalue weighted by Crippen LogP contribution is 2.17. The van der Waals surface area contributed by atoms with E-state index in [0.29, 0.717) is 6.54 Å². The third-order valence-electron chi connectivity index (χ3n) is 2.96. The molecule has 0 saturated carbocycles. The molecular weight excluding hydrogens is 302 g/mol. The molecule has 0 aromatic carbocycles. The normalized spacial score (nSPS) is 10.9. The van der Waals surface area contributed by atoms with Crippen molar-refractivity contribution in [2.75, 3.05) is 12.0 Å². The van der Waals surface area contributed by atoms with Crippen molar-refractivity contribution in [1.82, 2.24) is 15.3 Å². The first-order valence-electron chi connectivity index (χ1n) is 7.29. The predicted octanol–water partition coefficient (Wildman–Crippen LogP) is 1.70. The number of amides is 1. The van der Waals surface area contributed by atoms with Crippen LogP contribution in [0.1, 0.15) is 39.0 Å². The van der Waals surface area contributed by atoms with Gasteiger partial charge in [0.1, 0.15) is 6.07 Å². The molecule has 1 amide bonds. The number of unbranched alkanes of at least 4 members (excludes halogenated alkanes) is 4. The lowest BCUT2D eigenvalue weighted by molar-refractivity contribution is -0.388. The van der Waals surface area contributed by atoms with Gasteiger partial charge in [0.25, 0.3) is 5.91 Å². The third kappa shape index (κ3) is 6.13. The summed E-state index contributed by atoms with van der Waals surface area (Å²) in [6.45, 7) is 2.57. The molecule has 1 aromatic rings. The molecule has 0 unspecified atom stereocenters. The fourth-order valence-electron chi connectivity index (χ4n) is 1.76. The quantitative estimate of drug-likeness (QED) is 0.258. The maximum absolute atomic E-state index is 11.8. The van der Waals surface area contributed by atoms with Gasteiger partial charge in [-0.3, -0.25) is 10.2 Å². The number of nitrogens with zero attached hydrogens (tertiary/aromatic N) is 4. The van der Waals surface area contributed by atoms with Crippen LogP contribution in [0.15, 0.2) is 11.4 Å². The van der Waals surface area contributed by atoms with Crippen molar-refractivity contribution in [2.24, 2.45) is 5.10 Å². The Balaban J connectivity index is 2.48. The number of nitro groups is 1. The summed E-state index contributed by atoms with van der Waals surface area (Å²) in [7, 11) is 0. The Hall–Kier alpha value is -2.96. The SMILES string of the molecule is CCCCCCCNC(=O)/C(C#N)=N\Nc1nc[nH]c1[N+](=O)[O-]. The minimum atomic E-state index is -0.687. The standard InChI is InChI=1S/C13H19N7O3/c1-2-3-4-5-6-7-15-13(21)10(8-14)18-19-11-12(20(22)23)17-9-16-11/h9,19H,2-7H2,1H3,(H,15,21)(H,16,17)/b18-10-. The molecule has 1 heterocycles. The van der Waals surface area contributed by atoms with E-state index in [9.17, 15) is 14.9 Å². The number of anilines is 1. The number of carbonyl (C=O) groups excluding carboxylic acids is 1. The molecule has 1 aromatic heterocycles. The summed E-state index contributed by atoms with van der Waals surface area (Å²) >= 11 is 0. The number of hydrogen-bond donors (Lipinski definition) is 3. The average molecular weight is 321 g/mol. The molecule has 0 fully saturated rings. The van der Waals surface area contributed by atoms with Gasteiger partial charge in [0.15, 0.2) is 6.33 Å². The van der Waals surface area contributed by atoms with E-state index in [-0.39, 0.29) is 5.82 Å². The van der Waals surface area contributed by atoms with Crippen LogP contribution in [0.2, 0.25) is 0 Å². The Labute approximate surface area is 133 Å². The maximum atomic E-state index is 11.8. The molecule has 0 saturated heterocycles. The van der Waals surface area contributed by atoms with Crippen LogP contribution in [0.3, 0.4) is 0 Å². The second-order valence-electron chi connectivity index (χ2n) is 4.71. The molecule has 1 rings (SSSR count). The van der Waals surface area contributed by atoms with E-state index in [1.165, 1.54) is 0 Å². The first kappa shape index (κ1) is 18.1. The van der Waals surface area contributed by atoms with Crippen molar-refractivity contribution in [3.05, 3.63) is 16.4 Å². The lowest BCUT2D eigenvalue weighted by Crippen LogP contribution is -2.31. The van der Waals surface area contributed by atoms with Crippen LogP contribution in [0.4, 0.5) is 11.6 Å². The van der Waals surface area contributed by atoms with Gasteiger partial charge in [-0.15, -0.1) is 0 Å². The van der Waals surface area contributed by atoms with Crippen LogP contribution < -0.4 is 10.7 Å². The number of aromatic amines is 1. The van der Waals surface area contributed by atoms with Gasteiger partial charge in [0, 0.05) is 6.54 Å². The van der Waals surface area contributed by atoms with Crippen LogP contribution >= 0.6 is 0 Å². The number of rotatable bonds is 10. The molecule has 0 aliphatic carbocycles. The predicted molar refractivity (Wildman–Crippen MR) is 83.7 cm³/mol. The summed E-state index contributed by atoms with van der Waals surface area (Å²) in [6.07, 6.45) is 6.34. The van der Waals surface area contributed by atoms with Crippen molar-refractivity contribution >= 4 is 23.3 Å². The monoisotopic (exact) mass is 321 g/mol. The number of imidazole rings is 1. The van der Waals surface area contributed by atoms with Crippen LogP contribution in [-0.4, -0.2) is 33.1 Å². The summed E-state index contributed by atoms with van der Waals surface area (Å²) in [5.41, 5.74) is 1.82. The molecular formula is C13H19N7O3. The van der Waals surface area contributed by atoms with Crippen LogP contribution in [0.25, 0.3) is 0 Å². The Morgan fingerprint density at radius 3 is 2.87 bits per heavy atom. The molecule has 23 heavy (non-hydrogen) atoms. The van der Waals surface area contributed by atoms with Crippen molar-refractivity contribution in [3.63, 3.8) is 0 Å². The van der Waals surface area contributed by atoms with E-state index in [1.807, 2.05) is 0 Å². The molecule has 0 atom stereocenters. The summed E-state index contributed by atoms with van der Waals surface area (Å²) in [5.74, 6) is -1.20. The number of hydrazone groups is 1. The first-order valence-corrected chi connectivity index (χ1v) is 7.29. The summed E-state index contributed by atoms with van der Waals surface area (Å²) < 4.78 is 0. The highest BCUT2D eigenvalue weighted by atomic mass is 16.6. The molecule has 0 spiro atoms. The second kappa shape index (κ2) is 9.88. The van der Waals surface area contributed by atoms with Crippen LogP contribution in [0, 0.1) is 21.4 Å². The van der Waals surface area contributed by atoms with E-state index >= 15 is 0 Å². The average Bonchev–Trinajstić information content (AvgIpc) is 3.00. The second-order valence-corrected chi connectivity index (χ2v) is 4.71. The zero-order chi connectivity index (χ0) is 17.1. The van der Waals surface area contributed by atoms with Gasteiger partial charge in [-0.25, -0.2) is 4.98 Å². The zero-order valence-electron chi connectivity index (χ0n) is 12.8. The molecule has 0 bridgehead atoms. The molecule has 0 radical (unpaired) electrons. The number of H-pyrrole nitrogens is 1. The van der Waals surface area contributed by atoms with Crippen molar-refractivity contribution in [1.29, 1.82) is 5.26 Å². The minimum absolute atomic E-state index is 0.171. The third-order valence-corrected chi connectivity index (χ3v) is 2.96. The molecule has 0 aliphatic heterocycles. The molecule has 10 nitrogen and oxygen atoms in total. The molecule has 0 aliphatic rings. The van der Waals surface area contributed by atoms with Crippen LogP contribution in [-0.2, 0) is 4.79 Å². The van der Waals surface area contributed by atoms with Gasteiger partial charge in [-0.05, 0) is 11.3 Å². The Morgan fingerprint density at radius 2 is 2.22 bits per heavy atom. The number of carbonyl (C=O) groups is 1. The maximum Gasteiger partial charge on any atom is 0.366 e. The fourth-order valence-corrected chi connectivity index (χ4v) is 1.76. The Kier molecular flexibility index (Phi) is 7.77. The van der Waals surface area contributed by atoms with Gasteiger partial charge in [-0.1, -0.05) is 32.6 Å². The van der Waals surface area contributed by atoms with Gasteiger partial charge >= 0.3 is 5.82 Å². The van der Waals surface area contributed by atoms with Gasteiger partial charge < -0.3 is 15.4 Å². The first-order chi connectivity index (χ1) is 11.1. The molecule has 124 valence electrons. The van der Waals surface area contributed by atoms with Crippen molar-refractivity contribution in [3.8, 4) is 6.07 Å².